The molecule has 0 heterocycles. The maximum absolute atomic E-state index is 11.2. The topological polar surface area (TPSA) is 60.2 Å². The van der Waals surface area contributed by atoms with Crippen molar-refractivity contribution in [2.45, 2.75) is 45.4 Å². The van der Waals surface area contributed by atoms with Crippen LogP contribution in [0.4, 0.5) is 0 Å². The van der Waals surface area contributed by atoms with Crippen LogP contribution in [0.5, 0.6) is 0 Å². The van der Waals surface area contributed by atoms with Crippen molar-refractivity contribution >= 4 is 6.29 Å². The van der Waals surface area contributed by atoms with Gasteiger partial charge in [0.05, 0.1) is 0 Å². The van der Waals surface area contributed by atoms with E-state index in [4.69, 9.17) is 0 Å². The van der Waals surface area contributed by atoms with Gasteiger partial charge in [-0.15, -0.1) is 0 Å². The smallest absolute Gasteiger partial charge is 0.207 e. The summed E-state index contributed by atoms with van der Waals surface area (Å²) in [5, 5.41) is 10.5. The van der Waals surface area contributed by atoms with Gasteiger partial charge in [-0.1, -0.05) is 26.2 Å². The SMILES string of the molecule is CCCC[C@]1(C=O)CCC[C@H]1C[N+](=O)[O-]. The molecule has 4 nitrogen and oxygen atoms in total. The van der Waals surface area contributed by atoms with Crippen molar-refractivity contribution in [3.05, 3.63) is 10.1 Å². The Balaban J connectivity index is 2.67. The minimum Gasteiger partial charge on any atom is -0.303 e. The zero-order valence-electron chi connectivity index (χ0n) is 9.28. The summed E-state index contributed by atoms with van der Waals surface area (Å²) in [7, 11) is 0. The lowest BCUT2D eigenvalue weighted by Gasteiger charge is -2.27. The Hall–Kier alpha value is -0.930. The maximum Gasteiger partial charge on any atom is 0.207 e. The molecular weight excluding hydrogens is 194 g/mol. The van der Waals surface area contributed by atoms with E-state index in [0.717, 1.165) is 44.8 Å². The van der Waals surface area contributed by atoms with Crippen LogP contribution in [0.15, 0.2) is 0 Å². The molecule has 1 rings (SSSR count). The van der Waals surface area contributed by atoms with Crippen molar-refractivity contribution in [3.63, 3.8) is 0 Å². The fourth-order valence-corrected chi connectivity index (χ4v) is 2.67. The van der Waals surface area contributed by atoms with E-state index in [-0.39, 0.29) is 22.8 Å². The van der Waals surface area contributed by atoms with Crippen LogP contribution < -0.4 is 0 Å². The summed E-state index contributed by atoms with van der Waals surface area (Å²) in [4.78, 5) is 21.4. The molecule has 0 unspecified atom stereocenters. The lowest BCUT2D eigenvalue weighted by Crippen LogP contribution is -2.32. The van der Waals surface area contributed by atoms with Gasteiger partial charge in [-0.2, -0.15) is 0 Å². The molecule has 0 aromatic rings. The summed E-state index contributed by atoms with van der Waals surface area (Å²) < 4.78 is 0. The zero-order chi connectivity index (χ0) is 11.3. The Kier molecular flexibility index (Phi) is 4.24. The number of hydrogen-bond acceptors (Lipinski definition) is 3. The minimum atomic E-state index is -0.386. The van der Waals surface area contributed by atoms with E-state index in [0.29, 0.717) is 0 Å². The molecule has 0 aliphatic heterocycles. The lowest BCUT2D eigenvalue weighted by molar-refractivity contribution is -0.490. The summed E-state index contributed by atoms with van der Waals surface area (Å²) in [6.45, 7) is 2.04. The Morgan fingerprint density at radius 1 is 1.60 bits per heavy atom. The van der Waals surface area contributed by atoms with E-state index in [9.17, 15) is 14.9 Å². The van der Waals surface area contributed by atoms with E-state index in [1.807, 2.05) is 0 Å². The highest BCUT2D eigenvalue weighted by Crippen LogP contribution is 2.45. The van der Waals surface area contributed by atoms with Gasteiger partial charge in [-0.3, -0.25) is 10.1 Å². The van der Waals surface area contributed by atoms with Gasteiger partial charge < -0.3 is 4.79 Å². The second-order valence-corrected chi connectivity index (χ2v) is 4.56. The van der Waals surface area contributed by atoms with Gasteiger partial charge in [0.2, 0.25) is 6.54 Å². The third kappa shape index (κ3) is 2.76. The first-order valence-corrected chi connectivity index (χ1v) is 5.73. The summed E-state index contributed by atoms with van der Waals surface area (Å²) in [5.74, 6) is -0.0310. The first-order chi connectivity index (χ1) is 7.14. The molecule has 1 fully saturated rings. The molecule has 0 amide bonds. The Labute approximate surface area is 90.2 Å². The minimum absolute atomic E-state index is 0.0310. The van der Waals surface area contributed by atoms with Crippen LogP contribution in [0.3, 0.4) is 0 Å². The van der Waals surface area contributed by atoms with Crippen LogP contribution in [-0.2, 0) is 4.79 Å². The lowest BCUT2D eigenvalue weighted by atomic mass is 9.75. The number of rotatable bonds is 6. The van der Waals surface area contributed by atoms with Crippen molar-refractivity contribution in [1.82, 2.24) is 0 Å². The van der Waals surface area contributed by atoms with Gasteiger partial charge in [0, 0.05) is 16.3 Å². The Morgan fingerprint density at radius 2 is 2.33 bits per heavy atom. The molecule has 0 saturated heterocycles. The van der Waals surface area contributed by atoms with Crippen molar-refractivity contribution in [1.29, 1.82) is 0 Å². The highest BCUT2D eigenvalue weighted by atomic mass is 16.6. The maximum atomic E-state index is 11.2. The van der Waals surface area contributed by atoms with Crippen molar-refractivity contribution in [2.24, 2.45) is 11.3 Å². The van der Waals surface area contributed by atoms with E-state index >= 15 is 0 Å². The Bertz CT molecular complexity index is 242. The number of hydrogen-bond donors (Lipinski definition) is 0. The predicted molar refractivity (Wildman–Crippen MR) is 57.2 cm³/mol. The van der Waals surface area contributed by atoms with Crippen LogP contribution in [0.25, 0.3) is 0 Å². The fraction of sp³-hybridized carbons (Fsp3) is 0.909. The monoisotopic (exact) mass is 213 g/mol. The number of unbranched alkanes of at least 4 members (excludes halogenated alkanes) is 1. The first kappa shape index (κ1) is 12.1. The summed E-state index contributed by atoms with van der Waals surface area (Å²) >= 11 is 0. The average Bonchev–Trinajstić information content (AvgIpc) is 2.58. The predicted octanol–water partition coefficient (Wildman–Crippen LogP) is 2.44. The average molecular weight is 213 g/mol. The first-order valence-electron chi connectivity index (χ1n) is 5.73. The highest BCUT2D eigenvalue weighted by molar-refractivity contribution is 5.60. The van der Waals surface area contributed by atoms with Crippen LogP contribution >= 0.6 is 0 Å². The normalized spacial score (nSPS) is 30.3. The van der Waals surface area contributed by atoms with Crippen LogP contribution in [0.2, 0.25) is 0 Å². The van der Waals surface area contributed by atoms with Gasteiger partial charge in [0.15, 0.2) is 0 Å². The van der Waals surface area contributed by atoms with Crippen molar-refractivity contribution in [3.8, 4) is 0 Å². The number of aldehydes is 1. The third-order valence-electron chi connectivity index (χ3n) is 3.61. The number of carbonyl (C=O) groups excluding carboxylic acids is 1. The molecule has 1 saturated carbocycles. The Morgan fingerprint density at radius 3 is 2.87 bits per heavy atom. The molecule has 86 valence electrons. The van der Waals surface area contributed by atoms with E-state index in [2.05, 4.69) is 6.92 Å². The molecule has 0 radical (unpaired) electrons. The second-order valence-electron chi connectivity index (χ2n) is 4.56. The van der Waals surface area contributed by atoms with Crippen LogP contribution in [0.1, 0.15) is 45.4 Å². The summed E-state index contributed by atoms with van der Waals surface area (Å²) in [6.07, 6.45) is 6.49. The molecule has 1 aliphatic rings. The molecule has 4 heteroatoms. The van der Waals surface area contributed by atoms with Crippen LogP contribution in [-0.4, -0.2) is 17.8 Å². The van der Waals surface area contributed by atoms with E-state index in [1.54, 1.807) is 0 Å². The summed E-state index contributed by atoms with van der Waals surface area (Å²) in [5.41, 5.74) is -0.386. The van der Waals surface area contributed by atoms with Crippen molar-refractivity contribution < 1.29 is 9.72 Å². The molecule has 1 aliphatic carbocycles. The van der Waals surface area contributed by atoms with Crippen molar-refractivity contribution in [2.75, 3.05) is 6.54 Å². The number of nitrogens with zero attached hydrogens (tertiary/aromatic N) is 1. The molecule has 0 bridgehead atoms. The fourth-order valence-electron chi connectivity index (χ4n) is 2.67. The quantitative estimate of drug-likeness (QED) is 0.387. The molecule has 0 aromatic carbocycles. The number of nitro groups is 1. The van der Waals surface area contributed by atoms with E-state index in [1.165, 1.54) is 0 Å². The van der Waals surface area contributed by atoms with E-state index < -0.39 is 0 Å². The molecule has 2 atom stereocenters. The zero-order valence-corrected chi connectivity index (χ0v) is 9.28. The summed E-state index contributed by atoms with van der Waals surface area (Å²) in [6, 6.07) is 0. The molecule has 0 aromatic heterocycles. The largest absolute Gasteiger partial charge is 0.303 e. The standard InChI is InChI=1S/C11H19NO3/c1-2-3-6-11(9-13)7-4-5-10(11)8-12(14)15/h9-10H,2-8H2,1H3/t10-,11+/m0/s1. The van der Waals surface area contributed by atoms with Gasteiger partial charge in [0.1, 0.15) is 6.29 Å². The third-order valence-corrected chi connectivity index (χ3v) is 3.61. The molecule has 0 spiro atoms. The van der Waals surface area contributed by atoms with Crippen LogP contribution in [0, 0.1) is 21.4 Å². The van der Waals surface area contributed by atoms with Gasteiger partial charge in [-0.25, -0.2) is 0 Å². The number of carbonyl (C=O) groups is 1. The highest BCUT2D eigenvalue weighted by Gasteiger charge is 2.44. The van der Waals surface area contributed by atoms with Gasteiger partial charge >= 0.3 is 0 Å². The molecular formula is C11H19NO3. The molecule has 0 N–H and O–H groups in total. The molecule has 15 heavy (non-hydrogen) atoms. The van der Waals surface area contributed by atoms with Gasteiger partial charge in [0.25, 0.3) is 0 Å². The van der Waals surface area contributed by atoms with Gasteiger partial charge in [-0.05, 0) is 19.3 Å². The second kappa shape index (κ2) is 5.24.